The number of carbonyl (C=O) groups excluding carboxylic acids is 4. The van der Waals surface area contributed by atoms with Crippen LogP contribution in [-0.4, -0.2) is 129 Å². The number of rotatable bonds is 6. The minimum atomic E-state index is -1.94. The number of nitrogens with one attached hydrogen (secondary N) is 2. The molecule has 0 radical (unpaired) electrons. The van der Waals surface area contributed by atoms with Crippen LogP contribution in [0.2, 0.25) is 0 Å². The maximum absolute atomic E-state index is 14.8. The molecule has 3 unspecified atom stereocenters. The molecule has 0 aromatic heterocycles. The maximum atomic E-state index is 14.8. The Labute approximate surface area is 404 Å². The molecule has 2 aromatic rings. The van der Waals surface area contributed by atoms with Gasteiger partial charge >= 0.3 is 11.8 Å². The molecule has 2 saturated heterocycles. The number of carbonyl (C=O) groups is 4. The van der Waals surface area contributed by atoms with E-state index < -0.39 is 83.3 Å². The first-order valence-corrected chi connectivity index (χ1v) is 24.6. The van der Waals surface area contributed by atoms with E-state index in [-0.39, 0.29) is 67.7 Å². The second-order valence-electron chi connectivity index (χ2n) is 20.7. The fourth-order valence-electron chi connectivity index (χ4n) is 10.6. The summed E-state index contributed by atoms with van der Waals surface area (Å²) in [6.45, 7) is 19.3. The minimum absolute atomic E-state index is 0.0408. The van der Waals surface area contributed by atoms with Crippen molar-refractivity contribution in [2.45, 2.75) is 137 Å². The zero-order chi connectivity index (χ0) is 50.3. The number of aromatic hydroxyl groups is 2. The monoisotopic (exact) mass is 957 g/mol. The highest BCUT2D eigenvalue weighted by Crippen LogP contribution is 2.50. The third-order valence-electron chi connectivity index (χ3n) is 15.0. The van der Waals surface area contributed by atoms with Gasteiger partial charge in [0, 0.05) is 92.8 Å². The molecule has 6 heterocycles. The van der Waals surface area contributed by atoms with Crippen LogP contribution < -0.4 is 26.1 Å². The molecule has 6 aliphatic heterocycles. The van der Waals surface area contributed by atoms with E-state index in [1.807, 2.05) is 14.0 Å². The third-order valence-corrected chi connectivity index (χ3v) is 15.0. The van der Waals surface area contributed by atoms with Crippen LogP contribution in [0.15, 0.2) is 46.1 Å². The molecule has 1 spiro atoms. The van der Waals surface area contributed by atoms with Gasteiger partial charge in [0.15, 0.2) is 11.4 Å². The molecule has 2 fully saturated rings. The number of piperidine rings is 2. The summed E-state index contributed by atoms with van der Waals surface area (Å²) in [5, 5.41) is 53.9. The molecule has 17 heteroatoms. The van der Waals surface area contributed by atoms with Gasteiger partial charge in [0.2, 0.25) is 5.91 Å². The average molecular weight is 957 g/mol. The van der Waals surface area contributed by atoms with Gasteiger partial charge in [-0.05, 0) is 58.1 Å². The molecular weight excluding hydrogens is 885 g/mol. The van der Waals surface area contributed by atoms with Crippen molar-refractivity contribution in [2.75, 3.05) is 45.1 Å². The predicted molar refractivity (Wildman–Crippen MR) is 259 cm³/mol. The quantitative estimate of drug-likeness (QED) is 0.131. The number of phenols is 2. The molecular formula is C52H72N6O11. The topological polar surface area (TPSA) is 232 Å². The number of hydrogen-bond acceptors (Lipinski definition) is 15. The number of likely N-dealkylation sites (tertiary alicyclic amines) is 2. The number of ketones is 1. The molecule has 0 aliphatic carbocycles. The molecule has 2 amide bonds. The zero-order valence-corrected chi connectivity index (χ0v) is 41.8. The number of allylic oxidation sites excluding steroid dienone is 3. The van der Waals surface area contributed by atoms with E-state index in [9.17, 15) is 39.6 Å². The number of nitrogens with zero attached hydrogens (tertiary/aromatic N) is 4. The van der Waals surface area contributed by atoms with E-state index in [1.54, 1.807) is 63.8 Å². The average Bonchev–Trinajstić information content (AvgIpc) is 3.82. The van der Waals surface area contributed by atoms with Crippen LogP contribution >= 0.6 is 0 Å². The van der Waals surface area contributed by atoms with Gasteiger partial charge in [-0.2, -0.15) is 0 Å². The van der Waals surface area contributed by atoms with Crippen molar-refractivity contribution >= 4 is 40.0 Å². The standard InChI is InChI=1S/C52H72N6O11/c1-27(2)26-57-22-18-52(19-23-57)55-40-37-38-45(63)33(8)48-39(37)49(65)51(9,69-48)67-24-12-15-29(4)47(68-36(60)25-35(59)58-20-16-34(53-10)17-21-58)32(7)44(62)31(6)43(61)28(3)13-11-14-30(5)50(66)54-42(46(38)64)41(40)56-52/h11-14,24,27-29,31-32,34,43-44,47,53,61-64H,15-23,25-26H2,1-10H3,(H,54,66)/b13-11+,24-12+,30-14-/t28-,29+,31+,32+,43-,44?,47?,51?/m0/s1. The van der Waals surface area contributed by atoms with Crippen LogP contribution in [0, 0.1) is 36.5 Å². The summed E-state index contributed by atoms with van der Waals surface area (Å²) >= 11 is 0. The molecule has 376 valence electrons. The number of Topliss-reactive ketones (excluding diaryl/α,β-unsaturated/α-hetero) is 1. The number of fused-ring (bicyclic) bond motifs is 13. The molecule has 6 aliphatic rings. The van der Waals surface area contributed by atoms with E-state index in [4.69, 9.17) is 24.2 Å². The largest absolute Gasteiger partial charge is 0.507 e. The van der Waals surface area contributed by atoms with Gasteiger partial charge in [-0.3, -0.25) is 29.2 Å². The smallest absolute Gasteiger partial charge is 0.315 e. The summed E-state index contributed by atoms with van der Waals surface area (Å²) in [5.41, 5.74) is -0.586. The Balaban J connectivity index is 1.27. The first kappa shape index (κ1) is 51.5. The van der Waals surface area contributed by atoms with Crippen molar-refractivity contribution in [1.82, 2.24) is 15.1 Å². The zero-order valence-electron chi connectivity index (χ0n) is 41.8. The van der Waals surface area contributed by atoms with Gasteiger partial charge in [-0.1, -0.05) is 59.8 Å². The van der Waals surface area contributed by atoms with Crippen molar-refractivity contribution in [3.8, 4) is 17.2 Å². The van der Waals surface area contributed by atoms with E-state index in [0.717, 1.165) is 19.4 Å². The summed E-state index contributed by atoms with van der Waals surface area (Å²) in [4.78, 5) is 70.0. The third kappa shape index (κ3) is 10.3. The predicted octanol–water partition coefficient (Wildman–Crippen LogP) is 4.71. The van der Waals surface area contributed by atoms with Crippen molar-refractivity contribution in [2.24, 2.45) is 39.6 Å². The Hall–Kier alpha value is -5.36. The van der Waals surface area contributed by atoms with Crippen LogP contribution in [0.1, 0.15) is 110 Å². The van der Waals surface area contributed by atoms with Crippen molar-refractivity contribution in [3.63, 3.8) is 0 Å². The molecule has 17 nitrogen and oxygen atoms in total. The summed E-state index contributed by atoms with van der Waals surface area (Å²) in [5.74, 6) is -6.95. The Bertz CT molecular complexity index is 2560. The van der Waals surface area contributed by atoms with Crippen LogP contribution in [0.3, 0.4) is 0 Å². The van der Waals surface area contributed by atoms with Gasteiger partial charge in [-0.15, -0.1) is 0 Å². The lowest BCUT2D eigenvalue weighted by atomic mass is 9.79. The van der Waals surface area contributed by atoms with Crippen LogP contribution in [0.5, 0.6) is 17.2 Å². The lowest BCUT2D eigenvalue weighted by molar-refractivity contribution is -0.162. The van der Waals surface area contributed by atoms with Crippen molar-refractivity contribution in [3.05, 3.63) is 58.0 Å². The molecule has 69 heavy (non-hydrogen) atoms. The van der Waals surface area contributed by atoms with Gasteiger partial charge in [-0.25, -0.2) is 0 Å². The second kappa shape index (κ2) is 20.5. The number of benzene rings is 2. The molecule has 2 aromatic carbocycles. The first-order chi connectivity index (χ1) is 32.6. The number of aliphatic hydroxyl groups excluding tert-OH is 2. The highest BCUT2D eigenvalue weighted by atomic mass is 16.7. The number of aliphatic hydroxyl groups is 2. The molecule has 0 saturated carbocycles. The molecule has 6 N–H and O–H groups in total. The Morgan fingerprint density at radius 3 is 2.28 bits per heavy atom. The van der Waals surface area contributed by atoms with E-state index in [2.05, 4.69) is 29.4 Å². The number of esters is 1. The lowest BCUT2D eigenvalue weighted by Gasteiger charge is -2.36. The van der Waals surface area contributed by atoms with Crippen LogP contribution in [-0.2, 0) is 23.9 Å². The SMILES string of the molecule is CNC1CCN(C(=O)CC(=O)OC2[C@H](C)C(O)[C@H](C)[C@@H](O)[C@@H](C)/C=C/C=C(/C)C(=O)Nc3c(O)c4c(O)c(C)c5c(c4c4c3=NC3(CCN(CC(C)C)CC3)N=4)C(=O)C(C)(O/C=C/C[C@H]2C)O5)CC1. The Morgan fingerprint density at radius 1 is 0.957 bits per heavy atom. The second-order valence-corrected chi connectivity index (χ2v) is 20.7. The highest BCUT2D eigenvalue weighted by molar-refractivity contribution is 6.19. The van der Waals surface area contributed by atoms with Gasteiger partial charge < -0.3 is 55.1 Å². The van der Waals surface area contributed by atoms with Gasteiger partial charge in [0.05, 0.1) is 34.8 Å². The summed E-state index contributed by atoms with van der Waals surface area (Å²) in [7, 11) is 1.89. The number of anilines is 1. The lowest BCUT2D eigenvalue weighted by Crippen LogP contribution is -2.46. The van der Waals surface area contributed by atoms with Gasteiger partial charge in [0.25, 0.3) is 11.7 Å². The number of phenolic OH excluding ortho intramolecular Hbond substituents is 2. The Morgan fingerprint density at radius 2 is 1.62 bits per heavy atom. The highest BCUT2D eigenvalue weighted by Gasteiger charge is 2.50. The number of ether oxygens (including phenoxy) is 3. The van der Waals surface area contributed by atoms with Crippen LogP contribution in [0.25, 0.3) is 10.8 Å². The first-order valence-electron chi connectivity index (χ1n) is 24.6. The fraction of sp³-hybridized carbons (Fsp3) is 0.615. The fourth-order valence-corrected chi connectivity index (χ4v) is 10.6. The summed E-state index contributed by atoms with van der Waals surface area (Å²) in [6.07, 6.45) is 7.11. The van der Waals surface area contributed by atoms with E-state index >= 15 is 0 Å². The van der Waals surface area contributed by atoms with E-state index in [0.29, 0.717) is 51.0 Å². The van der Waals surface area contributed by atoms with Crippen molar-refractivity contribution in [1.29, 1.82) is 0 Å². The van der Waals surface area contributed by atoms with E-state index in [1.165, 1.54) is 13.2 Å². The normalized spacial score (nSPS) is 30.8. The molecule has 5 bridgehead atoms. The number of hydrogen-bond donors (Lipinski definition) is 6. The van der Waals surface area contributed by atoms with Gasteiger partial charge in [0.1, 0.15) is 35.1 Å². The molecule has 8 rings (SSSR count). The summed E-state index contributed by atoms with van der Waals surface area (Å²) < 4.78 is 18.5. The van der Waals surface area contributed by atoms with Crippen molar-refractivity contribution < 1.29 is 53.8 Å². The summed E-state index contributed by atoms with van der Waals surface area (Å²) in [6, 6.07) is 0.299. The maximum Gasteiger partial charge on any atom is 0.315 e. The van der Waals surface area contributed by atoms with Crippen LogP contribution in [0.4, 0.5) is 5.69 Å². The minimum Gasteiger partial charge on any atom is -0.507 e. The number of amides is 2. The molecule has 8 atom stereocenters. The Kier molecular flexibility index (Phi) is 15.3.